The number of carbonyl (C=O) groups excluding carboxylic acids is 2. The Labute approximate surface area is 196 Å². The quantitative estimate of drug-likeness (QED) is 0.437. The summed E-state index contributed by atoms with van der Waals surface area (Å²) in [4.78, 5) is 46.9. The first-order valence-corrected chi connectivity index (χ1v) is 11.1. The Morgan fingerprint density at radius 1 is 1.00 bits per heavy atom. The number of ether oxygens (including phenoxy) is 1. The van der Waals surface area contributed by atoms with Crippen LogP contribution in [-0.4, -0.2) is 87.9 Å². The fraction of sp³-hybridized carbons (Fsp3) is 0.391. The van der Waals surface area contributed by atoms with Crippen LogP contribution in [0.5, 0.6) is 5.88 Å². The minimum atomic E-state index is -1.34. The molecule has 0 radical (unpaired) electrons. The van der Waals surface area contributed by atoms with Crippen LogP contribution < -0.4 is 15.1 Å². The van der Waals surface area contributed by atoms with Crippen LogP contribution in [0.3, 0.4) is 0 Å². The van der Waals surface area contributed by atoms with E-state index in [-0.39, 0.29) is 18.8 Å². The van der Waals surface area contributed by atoms with Gasteiger partial charge in [-0.05, 0) is 18.2 Å². The Hall–Kier alpha value is -3.86. The van der Waals surface area contributed by atoms with Crippen LogP contribution >= 0.6 is 0 Å². The van der Waals surface area contributed by atoms with Gasteiger partial charge in [-0.3, -0.25) is 19.7 Å². The molecule has 3 N–H and O–H groups in total. The highest BCUT2D eigenvalue weighted by Gasteiger charge is 2.48. The summed E-state index contributed by atoms with van der Waals surface area (Å²) >= 11 is 0. The van der Waals surface area contributed by atoms with E-state index < -0.39 is 36.0 Å². The van der Waals surface area contributed by atoms with Gasteiger partial charge in [-0.15, -0.1) is 0 Å². The number of hydrogen-bond donors (Lipinski definition) is 3. The number of para-hydroxylation sites is 1. The molecule has 11 nitrogen and oxygen atoms in total. The van der Waals surface area contributed by atoms with Crippen molar-refractivity contribution < 1.29 is 29.4 Å². The van der Waals surface area contributed by atoms with E-state index in [2.05, 4.69) is 9.88 Å². The van der Waals surface area contributed by atoms with E-state index >= 15 is 0 Å². The summed E-state index contributed by atoms with van der Waals surface area (Å²) in [6.45, 7) is 1.83. The summed E-state index contributed by atoms with van der Waals surface area (Å²) in [5.41, 5.74) is 2.63. The van der Waals surface area contributed by atoms with E-state index in [9.17, 15) is 24.7 Å². The number of hydrogen-bond acceptors (Lipinski definition) is 7. The number of carbonyl (C=O) groups is 3. The zero-order valence-electron chi connectivity index (χ0n) is 18.5. The largest absolute Gasteiger partial charge is 0.472 e. The molecule has 2 aliphatic heterocycles. The molecule has 3 heterocycles. The van der Waals surface area contributed by atoms with Gasteiger partial charge < -0.3 is 19.6 Å². The number of nitrogens with one attached hydrogen (secondary N) is 1. The van der Waals surface area contributed by atoms with E-state index in [0.717, 1.165) is 10.6 Å². The number of piperidine rings is 1. The number of amides is 3. The highest BCUT2D eigenvalue weighted by Crippen LogP contribution is 2.29. The molecule has 2 aromatic rings. The van der Waals surface area contributed by atoms with Crippen LogP contribution in [-0.2, 0) is 9.59 Å². The first kappa shape index (κ1) is 23.3. The van der Waals surface area contributed by atoms with Gasteiger partial charge in [0.05, 0.1) is 12.5 Å². The third kappa shape index (κ3) is 5.04. The number of aromatic nitrogens is 1. The summed E-state index contributed by atoms with van der Waals surface area (Å²) in [5.74, 6) is -2.13. The fourth-order valence-electron chi connectivity index (χ4n) is 4.56. The summed E-state index contributed by atoms with van der Waals surface area (Å²) in [6.07, 6.45) is -0.474. The second-order valence-electron chi connectivity index (χ2n) is 8.25. The minimum absolute atomic E-state index is 0.0487. The predicted octanol–water partition coefficient (Wildman–Crippen LogP) is 1.05. The number of hydroxylamine groups is 1. The Bertz CT molecular complexity index is 999. The predicted molar refractivity (Wildman–Crippen MR) is 120 cm³/mol. The molecule has 0 saturated carbocycles. The van der Waals surface area contributed by atoms with Crippen LogP contribution in [0.2, 0.25) is 0 Å². The first-order chi connectivity index (χ1) is 16.5. The molecule has 34 heavy (non-hydrogen) atoms. The standard InChI is InChI=1S/C23H27N5O6/c29-21(25-33)18-14-17(34-19-8-4-5-9-24-19)15-28(23(31)32)20(18)22(30)27-12-10-26(11-13-27)16-6-2-1-3-7-16/h1-9,17-18,20,33H,10-15H2,(H,25,29)(H,31,32)/t17?,18?,20-/m0/s1. The molecule has 2 aliphatic rings. The molecule has 4 rings (SSSR count). The number of likely N-dealkylation sites (tertiary alicyclic amines) is 1. The van der Waals surface area contributed by atoms with Crippen LogP contribution in [0.15, 0.2) is 54.7 Å². The molecule has 180 valence electrons. The van der Waals surface area contributed by atoms with Crippen molar-refractivity contribution in [1.29, 1.82) is 0 Å². The third-order valence-electron chi connectivity index (χ3n) is 6.22. The second-order valence-corrected chi connectivity index (χ2v) is 8.25. The number of piperazine rings is 1. The van der Waals surface area contributed by atoms with Crippen molar-refractivity contribution in [3.05, 3.63) is 54.7 Å². The normalized spacial score (nSPS) is 22.7. The Morgan fingerprint density at radius 2 is 1.71 bits per heavy atom. The lowest BCUT2D eigenvalue weighted by atomic mass is 9.86. The third-order valence-corrected chi connectivity index (χ3v) is 6.22. The van der Waals surface area contributed by atoms with E-state index in [1.165, 1.54) is 6.20 Å². The maximum atomic E-state index is 13.5. The van der Waals surface area contributed by atoms with Gasteiger partial charge in [-0.1, -0.05) is 24.3 Å². The van der Waals surface area contributed by atoms with Crippen LogP contribution in [0.1, 0.15) is 6.42 Å². The molecule has 0 bridgehead atoms. The fourth-order valence-corrected chi connectivity index (χ4v) is 4.56. The van der Waals surface area contributed by atoms with Gasteiger partial charge in [0.2, 0.25) is 17.7 Å². The van der Waals surface area contributed by atoms with Crippen LogP contribution in [0.4, 0.5) is 10.5 Å². The van der Waals surface area contributed by atoms with Crippen molar-refractivity contribution in [2.24, 2.45) is 5.92 Å². The smallest absolute Gasteiger partial charge is 0.408 e. The molecule has 0 aliphatic carbocycles. The molecule has 1 aromatic carbocycles. The van der Waals surface area contributed by atoms with Gasteiger partial charge in [0.15, 0.2) is 0 Å². The number of carboxylic acid groups (broad SMARTS) is 1. The van der Waals surface area contributed by atoms with E-state index in [1.807, 2.05) is 30.3 Å². The lowest BCUT2D eigenvalue weighted by molar-refractivity contribution is -0.150. The highest BCUT2D eigenvalue weighted by atomic mass is 16.5. The lowest BCUT2D eigenvalue weighted by Gasteiger charge is -2.44. The van der Waals surface area contributed by atoms with Gasteiger partial charge in [0.25, 0.3) is 0 Å². The molecule has 1 aromatic heterocycles. The number of nitrogens with zero attached hydrogens (tertiary/aromatic N) is 4. The van der Waals surface area contributed by atoms with E-state index in [1.54, 1.807) is 28.6 Å². The average molecular weight is 469 g/mol. The topological polar surface area (TPSA) is 136 Å². The van der Waals surface area contributed by atoms with Crippen molar-refractivity contribution in [2.45, 2.75) is 18.6 Å². The second kappa shape index (κ2) is 10.4. The van der Waals surface area contributed by atoms with E-state index in [4.69, 9.17) is 4.74 Å². The Morgan fingerprint density at radius 3 is 2.32 bits per heavy atom. The zero-order valence-corrected chi connectivity index (χ0v) is 18.5. The van der Waals surface area contributed by atoms with Crippen molar-refractivity contribution in [3.8, 4) is 5.88 Å². The maximum Gasteiger partial charge on any atom is 0.408 e. The molecular weight excluding hydrogens is 442 g/mol. The monoisotopic (exact) mass is 469 g/mol. The van der Waals surface area contributed by atoms with Gasteiger partial charge in [0, 0.05) is 50.6 Å². The van der Waals surface area contributed by atoms with Crippen molar-refractivity contribution in [2.75, 3.05) is 37.6 Å². The first-order valence-electron chi connectivity index (χ1n) is 11.1. The molecule has 2 unspecified atom stereocenters. The maximum absolute atomic E-state index is 13.5. The summed E-state index contributed by atoms with van der Waals surface area (Å²) in [6, 6.07) is 13.6. The lowest BCUT2D eigenvalue weighted by Crippen LogP contribution is -2.64. The van der Waals surface area contributed by atoms with Gasteiger partial charge in [-0.25, -0.2) is 15.3 Å². The molecule has 3 atom stereocenters. The van der Waals surface area contributed by atoms with Crippen LogP contribution in [0, 0.1) is 5.92 Å². The molecule has 2 fully saturated rings. The number of pyridine rings is 1. The minimum Gasteiger partial charge on any atom is -0.472 e. The van der Waals surface area contributed by atoms with Crippen molar-refractivity contribution >= 4 is 23.6 Å². The molecular formula is C23H27N5O6. The summed E-state index contributed by atoms with van der Waals surface area (Å²) in [7, 11) is 0. The van der Waals surface area contributed by atoms with Gasteiger partial charge in [-0.2, -0.15) is 0 Å². The van der Waals surface area contributed by atoms with Crippen molar-refractivity contribution in [3.63, 3.8) is 0 Å². The average Bonchev–Trinajstić information content (AvgIpc) is 2.88. The molecule has 2 saturated heterocycles. The van der Waals surface area contributed by atoms with Crippen LogP contribution in [0.25, 0.3) is 0 Å². The number of benzene rings is 1. The number of rotatable bonds is 5. The zero-order chi connectivity index (χ0) is 24.1. The molecule has 0 spiro atoms. The van der Waals surface area contributed by atoms with Crippen molar-refractivity contribution in [1.82, 2.24) is 20.3 Å². The SMILES string of the molecule is O=C(NO)C1CC(Oc2ccccn2)CN(C(=O)O)[C@@H]1C(=O)N1CCN(c2ccccc2)CC1. The Balaban J connectivity index is 1.50. The van der Waals surface area contributed by atoms with Gasteiger partial charge >= 0.3 is 6.09 Å². The number of anilines is 1. The summed E-state index contributed by atoms with van der Waals surface area (Å²) in [5, 5.41) is 19.2. The van der Waals surface area contributed by atoms with Gasteiger partial charge in [0.1, 0.15) is 12.1 Å². The highest BCUT2D eigenvalue weighted by molar-refractivity contribution is 5.92. The summed E-state index contributed by atoms with van der Waals surface area (Å²) < 4.78 is 5.79. The molecule has 3 amide bonds. The molecule has 11 heteroatoms. The van der Waals surface area contributed by atoms with E-state index in [0.29, 0.717) is 26.2 Å². The Kier molecular flexibility index (Phi) is 7.12.